The van der Waals surface area contributed by atoms with Crippen molar-refractivity contribution in [1.82, 2.24) is 10.2 Å². The van der Waals surface area contributed by atoms with Crippen molar-refractivity contribution in [3.05, 3.63) is 29.8 Å². The lowest BCUT2D eigenvalue weighted by Crippen LogP contribution is -2.22. The van der Waals surface area contributed by atoms with Crippen molar-refractivity contribution >= 4 is 45.8 Å². The first-order chi connectivity index (χ1) is 11.0. The molecule has 2 rings (SSSR count). The van der Waals surface area contributed by atoms with E-state index in [1.165, 1.54) is 23.1 Å². The first kappa shape index (κ1) is 17.2. The predicted octanol–water partition coefficient (Wildman–Crippen LogP) is 2.42. The molecule has 1 aromatic carbocycles. The standard InChI is InChI=1S/C14H16N4O3S2/c1-3-21-12(20)9-4-6-10(7-5-9)16-11(19)8(2)22-14-18-17-13(15)23-14/h4-8H,3H2,1-2H3,(H2,15,17)(H,16,19). The number of nitrogens with two attached hydrogens (primary N) is 1. The van der Waals surface area contributed by atoms with E-state index in [-0.39, 0.29) is 17.1 Å². The molecule has 1 aromatic heterocycles. The summed E-state index contributed by atoms with van der Waals surface area (Å²) in [5.74, 6) is -0.559. The van der Waals surface area contributed by atoms with Crippen LogP contribution in [0.2, 0.25) is 0 Å². The molecule has 2 aromatic rings. The van der Waals surface area contributed by atoms with Gasteiger partial charge in [0.25, 0.3) is 0 Å². The summed E-state index contributed by atoms with van der Waals surface area (Å²) in [6.07, 6.45) is 0. The molecule has 122 valence electrons. The molecule has 1 heterocycles. The number of thioether (sulfide) groups is 1. The zero-order valence-corrected chi connectivity index (χ0v) is 14.2. The van der Waals surface area contributed by atoms with Crippen molar-refractivity contribution in [1.29, 1.82) is 0 Å². The summed E-state index contributed by atoms with van der Waals surface area (Å²) >= 11 is 2.52. The molecule has 0 aliphatic heterocycles. The summed E-state index contributed by atoms with van der Waals surface area (Å²) in [6, 6.07) is 6.53. The zero-order valence-electron chi connectivity index (χ0n) is 12.6. The van der Waals surface area contributed by atoms with Crippen molar-refractivity contribution in [3.8, 4) is 0 Å². The van der Waals surface area contributed by atoms with E-state index in [1.807, 2.05) is 0 Å². The Hall–Kier alpha value is -2.13. The summed E-state index contributed by atoms with van der Waals surface area (Å²) in [7, 11) is 0. The Balaban J connectivity index is 1.92. The minimum Gasteiger partial charge on any atom is -0.462 e. The van der Waals surface area contributed by atoms with Crippen molar-refractivity contribution in [2.45, 2.75) is 23.4 Å². The summed E-state index contributed by atoms with van der Waals surface area (Å²) in [5.41, 5.74) is 6.55. The number of esters is 1. The second kappa shape index (κ2) is 7.93. The Morgan fingerprint density at radius 2 is 2.04 bits per heavy atom. The maximum atomic E-state index is 12.1. The molecule has 23 heavy (non-hydrogen) atoms. The third-order valence-electron chi connectivity index (χ3n) is 2.73. The fourth-order valence-corrected chi connectivity index (χ4v) is 3.40. The minimum absolute atomic E-state index is 0.173. The van der Waals surface area contributed by atoms with Gasteiger partial charge in [-0.3, -0.25) is 4.79 Å². The van der Waals surface area contributed by atoms with Gasteiger partial charge in [0.05, 0.1) is 17.4 Å². The number of carbonyl (C=O) groups is 2. The van der Waals surface area contributed by atoms with Crippen LogP contribution in [-0.4, -0.2) is 33.9 Å². The van der Waals surface area contributed by atoms with E-state index in [9.17, 15) is 9.59 Å². The van der Waals surface area contributed by atoms with Crippen LogP contribution in [0.3, 0.4) is 0 Å². The number of amides is 1. The van der Waals surface area contributed by atoms with E-state index in [0.29, 0.717) is 27.3 Å². The highest BCUT2D eigenvalue weighted by Crippen LogP contribution is 2.28. The summed E-state index contributed by atoms with van der Waals surface area (Å²) in [4.78, 5) is 23.7. The number of anilines is 2. The van der Waals surface area contributed by atoms with Crippen LogP contribution in [0, 0.1) is 0 Å². The van der Waals surface area contributed by atoms with Gasteiger partial charge in [0.2, 0.25) is 11.0 Å². The van der Waals surface area contributed by atoms with Crippen LogP contribution in [0.25, 0.3) is 0 Å². The third-order valence-corrected chi connectivity index (χ3v) is 4.67. The molecular weight excluding hydrogens is 336 g/mol. The molecule has 9 heteroatoms. The largest absolute Gasteiger partial charge is 0.462 e. The molecular formula is C14H16N4O3S2. The van der Waals surface area contributed by atoms with E-state index < -0.39 is 0 Å². The molecule has 0 spiro atoms. The zero-order chi connectivity index (χ0) is 16.8. The smallest absolute Gasteiger partial charge is 0.338 e. The Morgan fingerprint density at radius 3 is 2.61 bits per heavy atom. The highest BCUT2D eigenvalue weighted by molar-refractivity contribution is 8.02. The van der Waals surface area contributed by atoms with Gasteiger partial charge in [-0.15, -0.1) is 10.2 Å². The molecule has 0 saturated carbocycles. The lowest BCUT2D eigenvalue weighted by atomic mass is 10.2. The van der Waals surface area contributed by atoms with Gasteiger partial charge in [0, 0.05) is 5.69 Å². The average Bonchev–Trinajstić information content (AvgIpc) is 2.93. The number of hydrogen-bond donors (Lipinski definition) is 2. The van der Waals surface area contributed by atoms with Gasteiger partial charge < -0.3 is 15.8 Å². The topological polar surface area (TPSA) is 107 Å². The average molecular weight is 352 g/mol. The normalized spacial score (nSPS) is 11.7. The van der Waals surface area contributed by atoms with E-state index in [0.717, 1.165) is 0 Å². The number of carbonyl (C=O) groups excluding carboxylic acids is 2. The molecule has 1 atom stereocenters. The van der Waals surface area contributed by atoms with Gasteiger partial charge >= 0.3 is 5.97 Å². The van der Waals surface area contributed by atoms with Gasteiger partial charge in [0.1, 0.15) is 0 Å². The highest BCUT2D eigenvalue weighted by atomic mass is 32.2. The number of nitrogens with zero attached hydrogens (tertiary/aromatic N) is 2. The van der Waals surface area contributed by atoms with Crippen molar-refractivity contribution < 1.29 is 14.3 Å². The molecule has 7 nitrogen and oxygen atoms in total. The fourth-order valence-electron chi connectivity index (χ4n) is 1.62. The van der Waals surface area contributed by atoms with Gasteiger partial charge in [-0.1, -0.05) is 23.1 Å². The lowest BCUT2D eigenvalue weighted by molar-refractivity contribution is -0.115. The molecule has 0 bridgehead atoms. The number of hydrogen-bond acceptors (Lipinski definition) is 8. The molecule has 1 unspecified atom stereocenters. The summed E-state index contributed by atoms with van der Waals surface area (Å²) in [6.45, 7) is 3.84. The molecule has 0 saturated heterocycles. The van der Waals surface area contributed by atoms with Gasteiger partial charge in [0.15, 0.2) is 4.34 Å². The molecule has 0 fully saturated rings. The third kappa shape index (κ3) is 4.93. The number of nitrogen functional groups attached to an aromatic ring is 1. The molecule has 0 aliphatic carbocycles. The molecule has 1 amide bonds. The maximum absolute atomic E-state index is 12.1. The van der Waals surface area contributed by atoms with Crippen molar-refractivity contribution in [3.63, 3.8) is 0 Å². The van der Waals surface area contributed by atoms with Crippen LogP contribution >= 0.6 is 23.1 Å². The summed E-state index contributed by atoms with van der Waals surface area (Å²) in [5, 5.41) is 10.4. The Morgan fingerprint density at radius 1 is 1.35 bits per heavy atom. The number of aromatic nitrogens is 2. The van der Waals surface area contributed by atoms with Crippen LogP contribution in [0.1, 0.15) is 24.2 Å². The number of ether oxygens (including phenoxy) is 1. The van der Waals surface area contributed by atoms with E-state index in [1.54, 1.807) is 38.1 Å². The number of nitrogens with one attached hydrogen (secondary N) is 1. The van der Waals surface area contributed by atoms with Gasteiger partial charge in [-0.25, -0.2) is 4.79 Å². The molecule has 3 N–H and O–H groups in total. The second-order valence-electron chi connectivity index (χ2n) is 4.45. The summed E-state index contributed by atoms with van der Waals surface area (Å²) < 4.78 is 5.55. The van der Waals surface area contributed by atoms with E-state index in [2.05, 4.69) is 15.5 Å². The van der Waals surface area contributed by atoms with E-state index in [4.69, 9.17) is 10.5 Å². The Bertz CT molecular complexity index is 688. The highest BCUT2D eigenvalue weighted by Gasteiger charge is 2.17. The predicted molar refractivity (Wildman–Crippen MR) is 90.7 cm³/mol. The first-order valence-corrected chi connectivity index (χ1v) is 8.53. The number of rotatable bonds is 6. The number of benzene rings is 1. The Labute approximate surface area is 141 Å². The Kier molecular flexibility index (Phi) is 5.94. The van der Waals surface area contributed by atoms with Crippen LogP contribution in [0.5, 0.6) is 0 Å². The second-order valence-corrected chi connectivity index (χ2v) is 7.05. The van der Waals surface area contributed by atoms with Crippen LogP contribution in [-0.2, 0) is 9.53 Å². The monoisotopic (exact) mass is 352 g/mol. The first-order valence-electron chi connectivity index (χ1n) is 6.83. The quantitative estimate of drug-likeness (QED) is 0.607. The van der Waals surface area contributed by atoms with Crippen LogP contribution in [0.15, 0.2) is 28.6 Å². The minimum atomic E-state index is -0.386. The maximum Gasteiger partial charge on any atom is 0.338 e. The van der Waals surface area contributed by atoms with E-state index >= 15 is 0 Å². The van der Waals surface area contributed by atoms with Crippen molar-refractivity contribution in [2.24, 2.45) is 0 Å². The lowest BCUT2D eigenvalue weighted by Gasteiger charge is -2.10. The van der Waals surface area contributed by atoms with Crippen LogP contribution < -0.4 is 11.1 Å². The van der Waals surface area contributed by atoms with Crippen LogP contribution in [0.4, 0.5) is 10.8 Å². The van der Waals surface area contributed by atoms with Gasteiger partial charge in [-0.05, 0) is 38.1 Å². The fraction of sp³-hybridized carbons (Fsp3) is 0.286. The SMILES string of the molecule is CCOC(=O)c1ccc(NC(=O)C(C)Sc2nnc(N)s2)cc1. The van der Waals surface area contributed by atoms with Crippen molar-refractivity contribution in [2.75, 3.05) is 17.7 Å². The molecule has 0 radical (unpaired) electrons. The van der Waals surface area contributed by atoms with Gasteiger partial charge in [-0.2, -0.15) is 0 Å². The molecule has 0 aliphatic rings.